The topological polar surface area (TPSA) is 128 Å². The van der Waals surface area contributed by atoms with Crippen LogP contribution in [0.15, 0.2) is 59.5 Å². The molecule has 0 spiro atoms. The van der Waals surface area contributed by atoms with Gasteiger partial charge < -0.3 is 11.5 Å². The molecule has 4 N–H and O–H groups in total. The summed E-state index contributed by atoms with van der Waals surface area (Å²) in [5.41, 5.74) is 12.0. The second-order valence-corrected chi connectivity index (χ2v) is 8.06. The van der Waals surface area contributed by atoms with Crippen LogP contribution in [0.5, 0.6) is 0 Å². The third kappa shape index (κ3) is 4.70. The number of halogens is 1. The second-order valence-electron chi connectivity index (χ2n) is 5.68. The minimum Gasteiger partial charge on any atom is -0.368 e. The first kappa shape index (κ1) is 19.0. The summed E-state index contributed by atoms with van der Waals surface area (Å²) in [4.78, 5) is 11.7. The first-order valence-corrected chi connectivity index (χ1v) is 9.72. The minimum absolute atomic E-state index is 0.0703. The molecule has 0 unspecified atom stereocenters. The zero-order valence-electron chi connectivity index (χ0n) is 14.2. The van der Waals surface area contributed by atoms with E-state index in [9.17, 15) is 8.42 Å². The summed E-state index contributed by atoms with van der Waals surface area (Å²) in [6, 6.07) is 15.2. The van der Waals surface area contributed by atoms with Crippen LogP contribution in [-0.2, 0) is 23.1 Å². The van der Waals surface area contributed by atoms with Gasteiger partial charge in [-0.3, -0.25) is 0 Å². The number of aromatic nitrogens is 3. The number of nitrogens with two attached hydrogens (primary N) is 2. The fourth-order valence-electron chi connectivity index (χ4n) is 2.47. The van der Waals surface area contributed by atoms with Crippen LogP contribution in [0.2, 0.25) is 5.02 Å². The number of nitrogens with zero attached hydrogens (tertiary/aromatic N) is 4. The van der Waals surface area contributed by atoms with Gasteiger partial charge in [0, 0.05) is 11.6 Å². The lowest BCUT2D eigenvalue weighted by Crippen LogP contribution is -2.31. The Labute approximate surface area is 161 Å². The number of sulfonamides is 1. The first-order chi connectivity index (χ1) is 12.8. The predicted molar refractivity (Wildman–Crippen MR) is 103 cm³/mol. The van der Waals surface area contributed by atoms with Crippen molar-refractivity contribution in [1.82, 2.24) is 19.3 Å². The Balaban J connectivity index is 2.01. The molecule has 0 amide bonds. The highest BCUT2D eigenvalue weighted by Crippen LogP contribution is 2.23. The normalized spacial score (nSPS) is 11.6. The van der Waals surface area contributed by atoms with Crippen LogP contribution in [0, 0.1) is 0 Å². The van der Waals surface area contributed by atoms with Gasteiger partial charge in [0.2, 0.25) is 21.9 Å². The van der Waals surface area contributed by atoms with Gasteiger partial charge in [0.25, 0.3) is 0 Å². The van der Waals surface area contributed by atoms with Crippen molar-refractivity contribution in [3.8, 4) is 0 Å². The molecule has 0 saturated heterocycles. The van der Waals surface area contributed by atoms with Crippen molar-refractivity contribution in [3.05, 3.63) is 71.0 Å². The number of hydrogen-bond donors (Lipinski definition) is 2. The predicted octanol–water partition coefficient (Wildman–Crippen LogP) is 2.08. The highest BCUT2D eigenvalue weighted by atomic mass is 35.5. The van der Waals surface area contributed by atoms with Gasteiger partial charge in [-0.2, -0.15) is 19.3 Å². The minimum atomic E-state index is -3.88. The summed E-state index contributed by atoms with van der Waals surface area (Å²) in [7, 11) is -3.88. The van der Waals surface area contributed by atoms with Crippen molar-refractivity contribution >= 4 is 33.5 Å². The molecule has 0 radical (unpaired) electrons. The van der Waals surface area contributed by atoms with Crippen molar-refractivity contribution in [2.45, 2.75) is 18.0 Å². The van der Waals surface area contributed by atoms with Gasteiger partial charge in [-0.1, -0.05) is 48.0 Å². The van der Waals surface area contributed by atoms with E-state index in [1.165, 1.54) is 16.4 Å². The summed E-state index contributed by atoms with van der Waals surface area (Å²) in [6.07, 6.45) is 0. The van der Waals surface area contributed by atoms with Crippen LogP contribution in [0.1, 0.15) is 11.4 Å². The Kier molecular flexibility index (Phi) is 5.54. The SMILES string of the molecule is Nc1nc(N)nc(CN(Cc2ccccc2)S(=O)(=O)c2cccc(Cl)c2)n1. The highest BCUT2D eigenvalue weighted by Gasteiger charge is 2.26. The van der Waals surface area contributed by atoms with Gasteiger partial charge in [0.05, 0.1) is 11.4 Å². The highest BCUT2D eigenvalue weighted by molar-refractivity contribution is 7.89. The molecule has 27 heavy (non-hydrogen) atoms. The standard InChI is InChI=1S/C17H17ClN6O2S/c18-13-7-4-8-14(9-13)27(25,26)24(10-12-5-2-1-3-6-12)11-15-21-16(19)23-17(20)22-15/h1-9H,10-11H2,(H4,19,20,21,22,23). The molecule has 1 heterocycles. The number of hydrogen-bond acceptors (Lipinski definition) is 7. The fourth-order valence-corrected chi connectivity index (χ4v) is 4.16. The first-order valence-electron chi connectivity index (χ1n) is 7.90. The Bertz CT molecular complexity index is 1030. The third-order valence-electron chi connectivity index (χ3n) is 3.67. The Hall–Kier alpha value is -2.75. The van der Waals surface area contributed by atoms with Crippen molar-refractivity contribution in [1.29, 1.82) is 0 Å². The molecular formula is C17H17ClN6O2S. The quantitative estimate of drug-likeness (QED) is 0.643. The van der Waals surface area contributed by atoms with Crippen LogP contribution in [0.3, 0.4) is 0 Å². The number of benzene rings is 2. The summed E-state index contributed by atoms with van der Waals surface area (Å²) >= 11 is 5.97. The van der Waals surface area contributed by atoms with E-state index in [1.54, 1.807) is 12.1 Å². The lowest BCUT2D eigenvalue weighted by Gasteiger charge is -2.22. The van der Waals surface area contributed by atoms with E-state index in [4.69, 9.17) is 23.1 Å². The molecule has 10 heteroatoms. The van der Waals surface area contributed by atoms with E-state index in [-0.39, 0.29) is 35.7 Å². The van der Waals surface area contributed by atoms with E-state index < -0.39 is 10.0 Å². The zero-order valence-corrected chi connectivity index (χ0v) is 15.7. The maximum atomic E-state index is 13.2. The Morgan fingerprint density at radius 3 is 2.19 bits per heavy atom. The molecule has 0 saturated carbocycles. The monoisotopic (exact) mass is 404 g/mol. The smallest absolute Gasteiger partial charge is 0.243 e. The molecule has 3 aromatic rings. The Morgan fingerprint density at radius 1 is 0.889 bits per heavy atom. The van der Waals surface area contributed by atoms with Gasteiger partial charge in [-0.25, -0.2) is 8.42 Å². The second kappa shape index (κ2) is 7.87. The van der Waals surface area contributed by atoms with Crippen molar-refractivity contribution in [2.75, 3.05) is 11.5 Å². The molecule has 0 aliphatic heterocycles. The largest absolute Gasteiger partial charge is 0.368 e. The lowest BCUT2D eigenvalue weighted by molar-refractivity contribution is 0.392. The molecule has 0 aliphatic carbocycles. The average molecular weight is 405 g/mol. The van der Waals surface area contributed by atoms with Crippen LogP contribution in [0.25, 0.3) is 0 Å². The van der Waals surface area contributed by atoms with Gasteiger partial charge in [-0.15, -0.1) is 0 Å². The average Bonchev–Trinajstić information content (AvgIpc) is 2.61. The maximum Gasteiger partial charge on any atom is 0.243 e. The molecule has 3 rings (SSSR count). The van der Waals surface area contributed by atoms with Crippen LogP contribution in [-0.4, -0.2) is 27.7 Å². The molecule has 0 aliphatic rings. The van der Waals surface area contributed by atoms with Gasteiger partial charge in [-0.05, 0) is 23.8 Å². The molecule has 0 bridgehead atoms. The molecule has 1 aromatic heterocycles. The van der Waals surface area contributed by atoms with Crippen molar-refractivity contribution in [2.24, 2.45) is 0 Å². The molecule has 0 fully saturated rings. The van der Waals surface area contributed by atoms with Crippen molar-refractivity contribution in [3.63, 3.8) is 0 Å². The molecule has 140 valence electrons. The Morgan fingerprint density at radius 2 is 1.56 bits per heavy atom. The number of rotatable bonds is 6. The van der Waals surface area contributed by atoms with E-state index in [0.29, 0.717) is 5.02 Å². The van der Waals surface area contributed by atoms with Crippen LogP contribution < -0.4 is 11.5 Å². The fraction of sp³-hybridized carbons (Fsp3) is 0.118. The van der Waals surface area contributed by atoms with Crippen LogP contribution in [0.4, 0.5) is 11.9 Å². The summed E-state index contributed by atoms with van der Waals surface area (Å²) in [6.45, 7) is -0.0121. The molecule has 0 atom stereocenters. The molecule has 8 nitrogen and oxygen atoms in total. The van der Waals surface area contributed by atoms with E-state index >= 15 is 0 Å². The molecule has 2 aromatic carbocycles. The number of anilines is 2. The summed E-state index contributed by atoms with van der Waals surface area (Å²) < 4.78 is 27.6. The zero-order chi connectivity index (χ0) is 19.4. The van der Waals surface area contributed by atoms with E-state index in [1.807, 2.05) is 30.3 Å². The lowest BCUT2D eigenvalue weighted by atomic mass is 10.2. The van der Waals surface area contributed by atoms with Gasteiger partial charge >= 0.3 is 0 Å². The molecular weight excluding hydrogens is 388 g/mol. The van der Waals surface area contributed by atoms with E-state index in [2.05, 4.69) is 15.0 Å². The summed E-state index contributed by atoms with van der Waals surface area (Å²) in [5, 5.41) is 0.324. The summed E-state index contributed by atoms with van der Waals surface area (Å²) in [5.74, 6) is 0.0103. The maximum absolute atomic E-state index is 13.2. The van der Waals surface area contributed by atoms with Crippen molar-refractivity contribution < 1.29 is 8.42 Å². The van der Waals surface area contributed by atoms with Gasteiger partial charge in [0.15, 0.2) is 5.82 Å². The van der Waals surface area contributed by atoms with Gasteiger partial charge in [0.1, 0.15) is 0 Å². The number of nitrogen functional groups attached to an aromatic ring is 2. The third-order valence-corrected chi connectivity index (χ3v) is 5.69. The van der Waals surface area contributed by atoms with Crippen LogP contribution >= 0.6 is 11.6 Å². The van der Waals surface area contributed by atoms with E-state index in [0.717, 1.165) is 5.56 Å².